The maximum absolute atomic E-state index is 13.2. The van der Waals surface area contributed by atoms with Gasteiger partial charge in [0, 0.05) is 6.20 Å². The molecule has 0 bridgehead atoms. The van der Waals surface area contributed by atoms with E-state index in [1.807, 2.05) is 0 Å². The van der Waals surface area contributed by atoms with E-state index in [4.69, 9.17) is 11.6 Å². The van der Waals surface area contributed by atoms with Crippen LogP contribution in [-0.4, -0.2) is 15.8 Å². The normalized spacial score (nSPS) is 10.2. The molecule has 0 atom stereocenters. The maximum Gasteiger partial charge on any atom is 0.285 e. The Balaban J connectivity index is 2.42. The number of halogens is 3. The van der Waals surface area contributed by atoms with Gasteiger partial charge in [0.05, 0.1) is 16.7 Å². The summed E-state index contributed by atoms with van der Waals surface area (Å²) in [5.74, 6) is -3.80. The molecule has 1 N–H and O–H groups in total. The van der Waals surface area contributed by atoms with Crippen LogP contribution in [0.25, 0.3) is 0 Å². The number of rotatable bonds is 3. The minimum atomic E-state index is -1.42. The molecule has 0 aliphatic heterocycles. The molecule has 0 saturated heterocycles. The molecule has 1 heterocycles. The molecule has 0 saturated carbocycles. The average Bonchev–Trinajstić information content (AvgIpc) is 2.43. The molecular weight excluding hydrogens is 308 g/mol. The Morgan fingerprint density at radius 1 is 1.33 bits per heavy atom. The fraction of sp³-hybridized carbons (Fsp3) is 0. The van der Waals surface area contributed by atoms with Gasteiger partial charge in [0.2, 0.25) is 0 Å². The first-order valence-corrected chi connectivity index (χ1v) is 5.83. The van der Waals surface area contributed by atoms with Crippen LogP contribution in [-0.2, 0) is 0 Å². The molecule has 108 valence electrons. The lowest BCUT2D eigenvalue weighted by Gasteiger charge is -2.07. The molecule has 0 fully saturated rings. The van der Waals surface area contributed by atoms with Gasteiger partial charge in [-0.1, -0.05) is 11.6 Å². The van der Waals surface area contributed by atoms with Crippen LogP contribution in [0.1, 0.15) is 10.4 Å². The van der Waals surface area contributed by atoms with Crippen LogP contribution >= 0.6 is 11.6 Å². The highest BCUT2D eigenvalue weighted by molar-refractivity contribution is 6.32. The van der Waals surface area contributed by atoms with E-state index in [0.717, 1.165) is 0 Å². The van der Waals surface area contributed by atoms with Crippen molar-refractivity contribution < 1.29 is 18.5 Å². The molecule has 0 spiro atoms. The fourth-order valence-electron chi connectivity index (χ4n) is 1.54. The first-order valence-electron chi connectivity index (χ1n) is 5.45. The first-order chi connectivity index (χ1) is 9.90. The van der Waals surface area contributed by atoms with E-state index in [-0.39, 0.29) is 10.8 Å². The molecule has 1 aromatic heterocycles. The van der Waals surface area contributed by atoms with Crippen LogP contribution in [0, 0.1) is 21.7 Å². The monoisotopic (exact) mass is 313 g/mol. The second-order valence-electron chi connectivity index (χ2n) is 3.84. The van der Waals surface area contributed by atoms with E-state index >= 15 is 0 Å². The first kappa shape index (κ1) is 14.8. The van der Waals surface area contributed by atoms with Crippen molar-refractivity contribution >= 4 is 28.9 Å². The van der Waals surface area contributed by atoms with Gasteiger partial charge < -0.3 is 5.32 Å². The molecule has 0 unspecified atom stereocenters. The Hall–Kier alpha value is -2.61. The smallest absolute Gasteiger partial charge is 0.285 e. The predicted molar refractivity (Wildman–Crippen MR) is 70.2 cm³/mol. The topological polar surface area (TPSA) is 85.1 Å². The lowest BCUT2D eigenvalue weighted by Crippen LogP contribution is -2.15. The van der Waals surface area contributed by atoms with Gasteiger partial charge in [-0.15, -0.1) is 0 Å². The molecule has 0 aliphatic carbocycles. The van der Waals surface area contributed by atoms with Crippen LogP contribution in [0.4, 0.5) is 20.2 Å². The predicted octanol–water partition coefficient (Wildman–Crippen LogP) is 3.17. The molecule has 2 aromatic rings. The minimum Gasteiger partial charge on any atom is -0.319 e. The lowest BCUT2D eigenvalue weighted by atomic mass is 10.1. The second-order valence-corrected chi connectivity index (χ2v) is 4.19. The number of hydrogen-bond donors (Lipinski definition) is 1. The summed E-state index contributed by atoms with van der Waals surface area (Å²) in [4.78, 5) is 25.5. The number of aromatic nitrogens is 1. The zero-order valence-corrected chi connectivity index (χ0v) is 10.9. The van der Waals surface area contributed by atoms with Crippen LogP contribution in [0.3, 0.4) is 0 Å². The van der Waals surface area contributed by atoms with Gasteiger partial charge in [0.25, 0.3) is 11.6 Å². The summed E-state index contributed by atoms with van der Waals surface area (Å²) in [5, 5.41) is 13.0. The van der Waals surface area contributed by atoms with Gasteiger partial charge >= 0.3 is 0 Å². The summed E-state index contributed by atoms with van der Waals surface area (Å²) in [6.45, 7) is 0. The Labute approximate surface area is 121 Å². The number of nitro benzene ring substituents is 1. The highest BCUT2D eigenvalue weighted by Crippen LogP contribution is 2.25. The van der Waals surface area contributed by atoms with Crippen LogP contribution in [0.15, 0.2) is 30.5 Å². The number of amides is 1. The van der Waals surface area contributed by atoms with Crippen LogP contribution in [0.5, 0.6) is 0 Å². The number of nitrogens with zero attached hydrogens (tertiary/aromatic N) is 2. The zero-order chi connectivity index (χ0) is 15.6. The Bertz CT molecular complexity index is 740. The van der Waals surface area contributed by atoms with Crippen LogP contribution in [0.2, 0.25) is 5.15 Å². The average molecular weight is 314 g/mol. The third-order valence-electron chi connectivity index (χ3n) is 2.49. The summed E-state index contributed by atoms with van der Waals surface area (Å²) in [5.41, 5.74) is -1.39. The number of carbonyl (C=O) groups is 1. The van der Waals surface area contributed by atoms with E-state index in [1.54, 1.807) is 0 Å². The highest BCUT2D eigenvalue weighted by atomic mass is 35.5. The summed E-state index contributed by atoms with van der Waals surface area (Å²) in [7, 11) is 0. The number of benzene rings is 1. The van der Waals surface area contributed by atoms with E-state index in [0.29, 0.717) is 12.1 Å². The Morgan fingerprint density at radius 3 is 2.62 bits per heavy atom. The number of carbonyl (C=O) groups excluding carboxylic acids is 1. The standard InChI is InChI=1S/C12H6ClF2N3O3/c13-11-9(2-1-3-16-11)17-12(19)6-4-7(14)8(15)5-10(6)18(20)21/h1-5H,(H,17,19). The van der Waals surface area contributed by atoms with E-state index in [1.165, 1.54) is 18.3 Å². The third kappa shape index (κ3) is 3.11. The number of nitro groups is 1. The quantitative estimate of drug-likeness (QED) is 0.536. The molecule has 1 amide bonds. The Morgan fingerprint density at radius 2 is 2.00 bits per heavy atom. The van der Waals surface area contributed by atoms with Crippen molar-refractivity contribution in [1.29, 1.82) is 0 Å². The van der Waals surface area contributed by atoms with Gasteiger partial charge in [-0.05, 0) is 18.2 Å². The molecular formula is C12H6ClF2N3O3. The molecule has 6 nitrogen and oxygen atoms in total. The summed E-state index contributed by atoms with van der Waals surface area (Å²) in [6.07, 6.45) is 1.37. The zero-order valence-electron chi connectivity index (χ0n) is 10.1. The maximum atomic E-state index is 13.2. The van der Waals surface area contributed by atoms with Gasteiger partial charge in [-0.2, -0.15) is 0 Å². The molecule has 0 radical (unpaired) electrons. The van der Waals surface area contributed by atoms with Crippen molar-refractivity contribution in [2.75, 3.05) is 5.32 Å². The largest absolute Gasteiger partial charge is 0.319 e. The second kappa shape index (κ2) is 5.80. The van der Waals surface area contributed by atoms with Gasteiger partial charge in [0.15, 0.2) is 16.8 Å². The Kier molecular flexibility index (Phi) is 4.08. The van der Waals surface area contributed by atoms with E-state index in [9.17, 15) is 23.7 Å². The van der Waals surface area contributed by atoms with Crippen molar-refractivity contribution in [3.63, 3.8) is 0 Å². The van der Waals surface area contributed by atoms with E-state index in [2.05, 4.69) is 10.3 Å². The summed E-state index contributed by atoms with van der Waals surface area (Å²) in [6, 6.07) is 3.67. The summed E-state index contributed by atoms with van der Waals surface area (Å²) < 4.78 is 26.2. The third-order valence-corrected chi connectivity index (χ3v) is 2.79. The van der Waals surface area contributed by atoms with Crippen molar-refractivity contribution in [3.05, 3.63) is 62.9 Å². The number of anilines is 1. The van der Waals surface area contributed by atoms with Crippen molar-refractivity contribution in [2.45, 2.75) is 0 Å². The van der Waals surface area contributed by atoms with Crippen molar-refractivity contribution in [3.8, 4) is 0 Å². The lowest BCUT2D eigenvalue weighted by molar-refractivity contribution is -0.385. The van der Waals surface area contributed by atoms with Crippen molar-refractivity contribution in [2.24, 2.45) is 0 Å². The van der Waals surface area contributed by atoms with Crippen LogP contribution < -0.4 is 5.32 Å². The molecule has 2 rings (SSSR count). The van der Waals surface area contributed by atoms with Gasteiger partial charge in [-0.3, -0.25) is 14.9 Å². The number of pyridine rings is 1. The van der Waals surface area contributed by atoms with E-state index < -0.39 is 33.7 Å². The van der Waals surface area contributed by atoms with Gasteiger partial charge in [0.1, 0.15) is 5.56 Å². The molecule has 0 aliphatic rings. The van der Waals surface area contributed by atoms with Crippen molar-refractivity contribution in [1.82, 2.24) is 4.98 Å². The summed E-state index contributed by atoms with van der Waals surface area (Å²) >= 11 is 5.72. The number of nitrogens with one attached hydrogen (secondary N) is 1. The SMILES string of the molecule is O=C(Nc1cccnc1Cl)c1cc(F)c(F)cc1[N+](=O)[O-]. The highest BCUT2D eigenvalue weighted by Gasteiger charge is 2.24. The minimum absolute atomic E-state index is 0.0453. The number of hydrogen-bond acceptors (Lipinski definition) is 4. The molecule has 21 heavy (non-hydrogen) atoms. The molecule has 1 aromatic carbocycles. The fourth-order valence-corrected chi connectivity index (χ4v) is 1.70. The van der Waals surface area contributed by atoms with Gasteiger partial charge in [-0.25, -0.2) is 13.8 Å². The molecule has 9 heteroatoms.